The van der Waals surface area contributed by atoms with Gasteiger partial charge in [-0.05, 0) is 37.5 Å². The molecule has 2 aromatic rings. The lowest BCUT2D eigenvalue weighted by atomic mass is 10.1. The lowest BCUT2D eigenvalue weighted by Crippen LogP contribution is -2.13. The highest BCUT2D eigenvalue weighted by molar-refractivity contribution is 7.92. The zero-order valence-electron chi connectivity index (χ0n) is 12.4. The quantitative estimate of drug-likeness (QED) is 0.771. The number of aromatic nitrogens is 2. The number of H-pyrrole nitrogens is 1. The van der Waals surface area contributed by atoms with E-state index in [9.17, 15) is 8.42 Å². The largest absolute Gasteiger partial charge is 0.281 e. The van der Waals surface area contributed by atoms with Crippen molar-refractivity contribution < 1.29 is 8.42 Å². The van der Waals surface area contributed by atoms with Crippen molar-refractivity contribution in [1.82, 2.24) is 10.2 Å². The second-order valence-corrected chi connectivity index (χ2v) is 6.77. The maximum absolute atomic E-state index is 12.2. The van der Waals surface area contributed by atoms with Crippen LogP contribution in [0.1, 0.15) is 37.4 Å². The molecule has 0 bridgehead atoms. The molecule has 0 saturated carbocycles. The van der Waals surface area contributed by atoms with Crippen LogP contribution in [0.2, 0.25) is 0 Å². The Hall–Kier alpha value is -1.82. The topological polar surface area (TPSA) is 74.8 Å². The molecule has 5 nitrogen and oxygen atoms in total. The van der Waals surface area contributed by atoms with Gasteiger partial charge < -0.3 is 0 Å². The van der Waals surface area contributed by atoms with Gasteiger partial charge in [-0.25, -0.2) is 8.42 Å². The molecule has 0 radical (unpaired) electrons. The first-order valence-electron chi connectivity index (χ1n) is 7.14. The highest BCUT2D eigenvalue weighted by atomic mass is 32.2. The van der Waals surface area contributed by atoms with Gasteiger partial charge in [0.15, 0.2) is 0 Å². The molecule has 0 aliphatic carbocycles. The van der Waals surface area contributed by atoms with Crippen molar-refractivity contribution in [3.05, 3.63) is 41.7 Å². The molecule has 1 heterocycles. The Bertz CT molecular complexity index is 675. The first-order valence-corrected chi connectivity index (χ1v) is 8.63. The summed E-state index contributed by atoms with van der Waals surface area (Å²) >= 11 is 0. The summed E-state index contributed by atoms with van der Waals surface area (Å²) in [6, 6.07) is 7.54. The van der Waals surface area contributed by atoms with E-state index in [1.807, 2.05) is 12.1 Å². The normalized spacial score (nSPS) is 11.5. The fourth-order valence-corrected chi connectivity index (χ4v) is 3.34. The van der Waals surface area contributed by atoms with Gasteiger partial charge in [-0.2, -0.15) is 5.10 Å². The van der Waals surface area contributed by atoms with Crippen LogP contribution in [0.5, 0.6) is 0 Å². The number of benzene rings is 1. The molecular weight excluding hydrogens is 286 g/mol. The van der Waals surface area contributed by atoms with Crippen molar-refractivity contribution in [2.75, 3.05) is 4.72 Å². The van der Waals surface area contributed by atoms with Crippen LogP contribution in [-0.4, -0.2) is 18.6 Å². The number of rotatable bonds is 7. The smallest absolute Gasteiger partial charge is 0.265 e. The molecular formula is C15H21N3O2S. The Kier molecular flexibility index (Phi) is 5.01. The molecule has 0 saturated heterocycles. The van der Waals surface area contributed by atoms with Crippen LogP contribution in [0.3, 0.4) is 0 Å². The molecule has 1 aromatic carbocycles. The van der Waals surface area contributed by atoms with Crippen molar-refractivity contribution in [2.45, 2.75) is 44.4 Å². The third-order valence-electron chi connectivity index (χ3n) is 3.35. The highest BCUT2D eigenvalue weighted by Gasteiger charge is 2.18. The number of hydrogen-bond donors (Lipinski definition) is 2. The number of sulfonamides is 1. The fourth-order valence-electron chi connectivity index (χ4n) is 2.14. The molecule has 2 N–H and O–H groups in total. The van der Waals surface area contributed by atoms with Gasteiger partial charge in [0.25, 0.3) is 10.0 Å². The lowest BCUT2D eigenvalue weighted by molar-refractivity contribution is 0.600. The molecule has 0 unspecified atom stereocenters. The van der Waals surface area contributed by atoms with Gasteiger partial charge >= 0.3 is 0 Å². The monoisotopic (exact) mass is 307 g/mol. The van der Waals surface area contributed by atoms with E-state index in [1.165, 1.54) is 24.6 Å². The second kappa shape index (κ2) is 6.76. The Morgan fingerprint density at radius 1 is 1.19 bits per heavy atom. The molecule has 1 aromatic heterocycles. The van der Waals surface area contributed by atoms with Crippen LogP contribution >= 0.6 is 0 Å². The highest BCUT2D eigenvalue weighted by Crippen LogP contribution is 2.18. The molecule has 2 rings (SSSR count). The van der Waals surface area contributed by atoms with Crippen molar-refractivity contribution in [1.29, 1.82) is 0 Å². The van der Waals surface area contributed by atoms with Crippen LogP contribution in [-0.2, 0) is 16.4 Å². The summed E-state index contributed by atoms with van der Waals surface area (Å²) in [6.07, 6.45) is 5.92. The zero-order valence-corrected chi connectivity index (χ0v) is 13.2. The molecule has 6 heteroatoms. The van der Waals surface area contributed by atoms with Gasteiger partial charge in [0.05, 0.1) is 11.9 Å². The molecule has 0 aliphatic rings. The average molecular weight is 307 g/mol. The van der Waals surface area contributed by atoms with Gasteiger partial charge in [0.2, 0.25) is 0 Å². The Morgan fingerprint density at radius 3 is 2.48 bits per heavy atom. The van der Waals surface area contributed by atoms with E-state index in [2.05, 4.69) is 21.8 Å². The third kappa shape index (κ3) is 4.07. The molecule has 0 spiro atoms. The molecule has 0 amide bonds. The van der Waals surface area contributed by atoms with Crippen molar-refractivity contribution in [2.24, 2.45) is 0 Å². The van der Waals surface area contributed by atoms with Crippen molar-refractivity contribution >= 4 is 15.7 Å². The minimum atomic E-state index is -3.58. The molecule has 0 fully saturated rings. The zero-order chi connectivity index (χ0) is 15.3. The van der Waals surface area contributed by atoms with Crippen LogP contribution in [0.15, 0.2) is 35.4 Å². The van der Waals surface area contributed by atoms with Gasteiger partial charge in [0, 0.05) is 5.69 Å². The Balaban J connectivity index is 2.05. The molecule has 114 valence electrons. The van der Waals surface area contributed by atoms with Gasteiger partial charge in [-0.3, -0.25) is 9.82 Å². The number of hydrogen-bond acceptors (Lipinski definition) is 3. The third-order valence-corrected chi connectivity index (χ3v) is 4.84. The van der Waals surface area contributed by atoms with E-state index in [-0.39, 0.29) is 4.90 Å². The van der Waals surface area contributed by atoms with E-state index in [0.717, 1.165) is 12.8 Å². The SMILES string of the molecule is CCCCCc1ccc(NS(=O)(=O)c2cn[nH]c2C)cc1. The minimum Gasteiger partial charge on any atom is -0.281 e. The van der Waals surface area contributed by atoms with Crippen molar-refractivity contribution in [3.63, 3.8) is 0 Å². The summed E-state index contributed by atoms with van der Waals surface area (Å²) in [6.45, 7) is 3.86. The van der Waals surface area contributed by atoms with Crippen molar-refractivity contribution in [3.8, 4) is 0 Å². The number of anilines is 1. The van der Waals surface area contributed by atoms with E-state index in [4.69, 9.17) is 0 Å². The number of nitrogens with zero attached hydrogens (tertiary/aromatic N) is 1. The fraction of sp³-hybridized carbons (Fsp3) is 0.400. The predicted octanol–water partition coefficient (Wildman–Crippen LogP) is 3.25. The maximum Gasteiger partial charge on any atom is 0.265 e. The molecule has 0 aliphatic heterocycles. The van der Waals surface area contributed by atoms with E-state index in [1.54, 1.807) is 19.1 Å². The molecule has 0 atom stereocenters. The van der Waals surface area contributed by atoms with E-state index in [0.29, 0.717) is 11.4 Å². The minimum absolute atomic E-state index is 0.175. The van der Waals surface area contributed by atoms with Crippen LogP contribution in [0, 0.1) is 6.92 Å². The lowest BCUT2D eigenvalue weighted by Gasteiger charge is -2.08. The first-order chi connectivity index (χ1) is 10.0. The van der Waals surface area contributed by atoms with Crippen LogP contribution in [0.4, 0.5) is 5.69 Å². The summed E-state index contributed by atoms with van der Waals surface area (Å²) in [7, 11) is -3.58. The number of aromatic amines is 1. The maximum atomic E-state index is 12.2. The van der Waals surface area contributed by atoms with Crippen LogP contribution in [0.25, 0.3) is 0 Å². The second-order valence-electron chi connectivity index (χ2n) is 5.12. The van der Waals surface area contributed by atoms with Gasteiger partial charge in [-0.15, -0.1) is 0 Å². The Labute approximate surface area is 125 Å². The summed E-state index contributed by atoms with van der Waals surface area (Å²) in [5.41, 5.74) is 2.32. The standard InChI is InChI=1S/C15H21N3O2S/c1-3-4-5-6-13-7-9-14(10-8-13)18-21(19,20)15-11-16-17-12(15)2/h7-11,18H,3-6H2,1-2H3,(H,16,17). The summed E-state index contributed by atoms with van der Waals surface area (Å²) in [5, 5.41) is 6.37. The number of unbranched alkanes of at least 4 members (excludes halogenated alkanes) is 2. The number of aryl methyl sites for hydroxylation is 2. The molecule has 21 heavy (non-hydrogen) atoms. The van der Waals surface area contributed by atoms with E-state index >= 15 is 0 Å². The first kappa shape index (κ1) is 15.6. The summed E-state index contributed by atoms with van der Waals surface area (Å²) < 4.78 is 27.0. The van der Waals surface area contributed by atoms with Gasteiger partial charge in [-0.1, -0.05) is 31.9 Å². The summed E-state index contributed by atoms with van der Waals surface area (Å²) in [5.74, 6) is 0. The summed E-state index contributed by atoms with van der Waals surface area (Å²) in [4.78, 5) is 0.175. The number of nitrogens with one attached hydrogen (secondary N) is 2. The van der Waals surface area contributed by atoms with Gasteiger partial charge in [0.1, 0.15) is 4.90 Å². The van der Waals surface area contributed by atoms with E-state index < -0.39 is 10.0 Å². The van der Waals surface area contributed by atoms with Crippen LogP contribution < -0.4 is 4.72 Å². The Morgan fingerprint density at radius 2 is 1.90 bits per heavy atom. The average Bonchev–Trinajstić information content (AvgIpc) is 2.88. The predicted molar refractivity (Wildman–Crippen MR) is 83.8 cm³/mol.